The number of rotatable bonds is 12. The zero-order chi connectivity index (χ0) is 57.0. The molecule has 0 atom stereocenters. The van der Waals surface area contributed by atoms with E-state index in [0.29, 0.717) is 28.9 Å². The molecule has 3 aromatic carbocycles. The second-order valence-corrected chi connectivity index (χ2v) is 21.2. The monoisotopic (exact) mass is 911 g/mol. The minimum absolute atomic E-state index is 0.202. The van der Waals surface area contributed by atoms with Gasteiger partial charge in [0, 0.05) is 62.5 Å². The van der Waals surface area contributed by atoms with E-state index >= 15 is 0 Å². The van der Waals surface area contributed by atoms with Crippen LogP contribution >= 0.6 is 0 Å². The van der Waals surface area contributed by atoms with Crippen LogP contribution in [0.5, 0.6) is 0 Å². The first kappa shape index (κ1) is 43.4. The van der Waals surface area contributed by atoms with E-state index in [1.165, 1.54) is 27.9 Å². The predicted octanol–water partition coefficient (Wildman–Crippen LogP) is 15.9. The van der Waals surface area contributed by atoms with Crippen molar-refractivity contribution in [2.45, 2.75) is 149 Å². The van der Waals surface area contributed by atoms with Gasteiger partial charge in [-0.05, 0) is 160 Å². The minimum Gasteiger partial charge on any atom is -0.201 e. The van der Waals surface area contributed by atoms with Crippen LogP contribution in [0, 0.1) is 83.8 Å². The highest BCUT2D eigenvalue weighted by atomic mass is 14.9. The van der Waals surface area contributed by atoms with Gasteiger partial charge in [-0.25, -0.2) is 13.7 Å². The molecule has 6 aromatic rings. The number of aryl methyl sites for hydroxylation is 10. The van der Waals surface area contributed by atoms with Gasteiger partial charge in [0.05, 0.1) is 0 Å². The lowest BCUT2D eigenvalue weighted by atomic mass is 9.79. The van der Waals surface area contributed by atoms with E-state index in [4.69, 9.17) is 11.0 Å². The molecule has 3 heterocycles. The van der Waals surface area contributed by atoms with Gasteiger partial charge in [-0.1, -0.05) is 131 Å². The summed E-state index contributed by atoms with van der Waals surface area (Å²) < 4.78 is 70.1. The van der Waals surface area contributed by atoms with Crippen LogP contribution in [0.3, 0.4) is 0 Å². The topological polar surface area (TPSA) is 11.6 Å². The van der Waals surface area contributed by atoms with Crippen LogP contribution in [0.2, 0.25) is 0 Å². The molecule has 0 fully saturated rings. The van der Waals surface area contributed by atoms with Gasteiger partial charge in [-0.15, -0.1) is 0 Å². The quantitative estimate of drug-likeness (QED) is 0.108. The molecule has 0 aliphatic carbocycles. The van der Waals surface area contributed by atoms with Crippen LogP contribution in [0.4, 0.5) is 0 Å². The average Bonchev–Trinajstić information content (AvgIpc) is 3.29. The lowest BCUT2D eigenvalue weighted by molar-refractivity contribution is -0.661. The molecule has 0 saturated heterocycles. The summed E-state index contributed by atoms with van der Waals surface area (Å²) in [6, 6.07) is 28.9. The van der Waals surface area contributed by atoms with E-state index in [-0.39, 0.29) is 23.7 Å². The zero-order valence-corrected chi connectivity index (χ0v) is 45.2. The van der Waals surface area contributed by atoms with E-state index in [1.807, 2.05) is 67.5 Å². The summed E-state index contributed by atoms with van der Waals surface area (Å²) in [4.78, 5) is 0. The van der Waals surface area contributed by atoms with Crippen LogP contribution in [-0.4, -0.2) is 0 Å². The fourth-order valence-corrected chi connectivity index (χ4v) is 10.6. The van der Waals surface area contributed by atoms with Crippen LogP contribution < -0.4 is 13.7 Å². The third-order valence-corrected chi connectivity index (χ3v) is 13.4. The van der Waals surface area contributed by atoms with Gasteiger partial charge < -0.3 is 0 Å². The fraction of sp³-hybridized carbons (Fsp3) is 0.484. The first-order valence-corrected chi connectivity index (χ1v) is 24.8. The molecule has 0 N–H and O–H groups in total. The summed E-state index contributed by atoms with van der Waals surface area (Å²) in [6.07, 6.45) is 6.07. The normalized spacial score (nSPS) is 14.2. The number of nitrogens with zero attached hydrogens (tertiary/aromatic N) is 3. The predicted molar refractivity (Wildman–Crippen MR) is 290 cm³/mol. The highest BCUT2D eigenvalue weighted by Crippen LogP contribution is 2.36. The van der Waals surface area contributed by atoms with E-state index < -0.39 is 25.5 Å². The van der Waals surface area contributed by atoms with Crippen molar-refractivity contribution < 1.29 is 24.7 Å². The van der Waals surface area contributed by atoms with Crippen molar-refractivity contribution >= 4 is 0 Å². The Balaban J connectivity index is 0.000000245. The molecule has 0 saturated carbocycles. The third-order valence-electron chi connectivity index (χ3n) is 13.4. The summed E-state index contributed by atoms with van der Waals surface area (Å²) >= 11 is 0. The second-order valence-electron chi connectivity index (χ2n) is 21.2. The minimum atomic E-state index is -2.11. The maximum atomic E-state index is 9.05. The SMILES string of the molecule is Cc1ccc(-c2ccc(C(C(C)C)C(C)C)c[n+]2C)c(C)c1.[2H]C([2H])([2H])c1c[n+](C)c(-c2ccc(C([2H])(C(C)C)C(C)C)cc2C)cc1C.[2H]C([2H])([2H])c1ccc(-c2ccc(C([2H])(C(C)C)C(C)C)c[n+]2C)c(C)c1. The van der Waals surface area contributed by atoms with Gasteiger partial charge in [-0.3, -0.25) is 0 Å². The van der Waals surface area contributed by atoms with Crippen LogP contribution in [0.25, 0.3) is 33.8 Å². The fourth-order valence-electron chi connectivity index (χ4n) is 10.6. The Labute approximate surface area is 422 Å². The van der Waals surface area contributed by atoms with Crippen molar-refractivity contribution in [3.8, 4) is 33.8 Å². The van der Waals surface area contributed by atoms with Gasteiger partial charge in [0.25, 0.3) is 0 Å². The first-order valence-electron chi connectivity index (χ1n) is 28.8. The smallest absolute Gasteiger partial charge is 0.201 e. The molecule has 3 nitrogen and oxygen atoms in total. The summed E-state index contributed by atoms with van der Waals surface area (Å²) in [7, 11) is 6.03. The molecule has 3 heteroatoms. The number of pyridine rings is 3. The van der Waals surface area contributed by atoms with Crippen molar-refractivity contribution in [1.29, 1.82) is 0 Å². The molecule has 0 bridgehead atoms. The number of aromatic nitrogens is 3. The average molecular weight is 912 g/mol. The summed E-state index contributed by atoms with van der Waals surface area (Å²) in [5, 5.41) is 0. The molecule has 0 unspecified atom stereocenters. The molecule has 3 aromatic heterocycles. The Hall–Kier alpha value is -4.89. The van der Waals surface area contributed by atoms with E-state index in [0.717, 1.165) is 50.3 Å². The van der Waals surface area contributed by atoms with Crippen molar-refractivity contribution in [2.75, 3.05) is 0 Å². The van der Waals surface area contributed by atoms with Crippen LogP contribution in [0.15, 0.2) is 104 Å². The maximum absolute atomic E-state index is 9.05. The van der Waals surface area contributed by atoms with Gasteiger partial charge in [0.15, 0.2) is 18.6 Å². The second kappa shape index (κ2) is 23.9. The van der Waals surface area contributed by atoms with Gasteiger partial charge in [0.2, 0.25) is 17.1 Å². The van der Waals surface area contributed by atoms with Gasteiger partial charge in [-0.2, -0.15) is 0 Å². The standard InChI is InChI=1S/C22H32N.2C21H30N/c1-14(2)22(15(3)4)19-9-10-20(17(6)11-19)21-12-16(5)18(7)13-23(21)8;2*1-14(2)21(15(3)4)18-9-11-20(22(7)13-18)19-10-8-16(5)12-17(19)6/h9-15,22H,1-8H3;2*8-15,21H,1-7H3/q3*+1/i7D3,22D;5D3,21D;. The summed E-state index contributed by atoms with van der Waals surface area (Å²) in [6.45, 7) is 32.1. The number of hydrogen-bond acceptors (Lipinski definition) is 0. The van der Waals surface area contributed by atoms with Gasteiger partial charge in [0.1, 0.15) is 21.1 Å². The molecule has 360 valence electrons. The van der Waals surface area contributed by atoms with Crippen molar-refractivity contribution in [2.24, 2.45) is 56.7 Å². The first-order chi connectivity index (χ1) is 34.5. The lowest BCUT2D eigenvalue weighted by Gasteiger charge is -2.26. The molecular formula is C64H92N3+3. The Kier molecular flexibility index (Phi) is 15.5. The Morgan fingerprint density at radius 1 is 0.358 bits per heavy atom. The summed E-state index contributed by atoms with van der Waals surface area (Å²) in [5.74, 6) is 1.48. The number of benzene rings is 3. The molecule has 67 heavy (non-hydrogen) atoms. The Morgan fingerprint density at radius 3 is 1.21 bits per heavy atom. The number of hydrogen-bond donors (Lipinski definition) is 0. The van der Waals surface area contributed by atoms with E-state index in [2.05, 4.69) is 170 Å². The van der Waals surface area contributed by atoms with Crippen molar-refractivity contribution in [3.05, 3.63) is 159 Å². The van der Waals surface area contributed by atoms with Crippen molar-refractivity contribution in [3.63, 3.8) is 0 Å². The molecule has 0 amide bonds. The molecule has 0 radical (unpaired) electrons. The highest BCUT2D eigenvalue weighted by molar-refractivity contribution is 5.64. The maximum Gasteiger partial charge on any atom is 0.212 e. The van der Waals surface area contributed by atoms with Crippen LogP contribution in [-0.2, 0) is 21.1 Å². The molecule has 0 spiro atoms. The van der Waals surface area contributed by atoms with Crippen LogP contribution in [0.1, 0.15) is 167 Å². The third kappa shape index (κ3) is 13.9. The highest BCUT2D eigenvalue weighted by Gasteiger charge is 2.26. The Bertz CT molecular complexity index is 2880. The molecule has 6 rings (SSSR count). The molecule has 0 aliphatic heterocycles. The lowest BCUT2D eigenvalue weighted by Crippen LogP contribution is -2.32. The largest absolute Gasteiger partial charge is 0.212 e. The van der Waals surface area contributed by atoms with E-state index in [9.17, 15) is 0 Å². The van der Waals surface area contributed by atoms with Gasteiger partial charge >= 0.3 is 0 Å². The molecule has 0 aliphatic rings. The zero-order valence-electron chi connectivity index (χ0n) is 53.2. The van der Waals surface area contributed by atoms with E-state index in [1.54, 1.807) is 18.3 Å². The molecular weight excluding hydrogens is 811 g/mol. The summed E-state index contributed by atoms with van der Waals surface area (Å²) in [5.41, 5.74) is 16.4. The Morgan fingerprint density at radius 2 is 0.761 bits per heavy atom. The van der Waals surface area contributed by atoms with Crippen molar-refractivity contribution in [1.82, 2.24) is 0 Å².